The van der Waals surface area contributed by atoms with Crippen LogP contribution in [0.15, 0.2) is 0 Å². The van der Waals surface area contributed by atoms with Crippen LogP contribution in [0.3, 0.4) is 0 Å². The van der Waals surface area contributed by atoms with Gasteiger partial charge in [0.2, 0.25) is 4.77 Å². The van der Waals surface area contributed by atoms with Gasteiger partial charge in [-0.05, 0) is 12.2 Å². The van der Waals surface area contributed by atoms with Crippen LogP contribution in [-0.2, 0) is 6.54 Å². The van der Waals surface area contributed by atoms with Crippen molar-refractivity contribution < 1.29 is 34.4 Å². The van der Waals surface area contributed by atoms with E-state index < -0.39 is 6.03 Å². The summed E-state index contributed by atoms with van der Waals surface area (Å²) in [6.45, 7) is 0.877. The maximum atomic E-state index is 10.2. The van der Waals surface area contributed by atoms with Gasteiger partial charge in [-0.2, -0.15) is 5.21 Å². The maximum Gasteiger partial charge on any atom is 1.00 e. The molecule has 9 heteroatoms. The van der Waals surface area contributed by atoms with Crippen LogP contribution < -0.4 is 40.6 Å². The monoisotopic (exact) mass is 211 g/mol. The molecular weight excluding hydrogens is 203 g/mol. The number of primary amides is 1. The molecule has 7 nitrogen and oxygen atoms in total. The largest absolute Gasteiger partial charge is 1.00 e. The minimum atomic E-state index is -0.561. The van der Waals surface area contributed by atoms with Crippen molar-refractivity contribution >= 4 is 18.2 Å². The standard InChI is InChI=1S/C4H8N6OS.Na/c5-3(11)6-1-2-10-4(12)7-8-9-10;/h1-2H2,(H3,5,6,11)(H,7,9,12);/q;+1. The van der Waals surface area contributed by atoms with Gasteiger partial charge < -0.3 is 11.1 Å². The number of H-pyrrole nitrogens is 1. The molecule has 0 saturated heterocycles. The zero-order valence-corrected chi connectivity index (χ0v) is 9.97. The molecule has 13 heavy (non-hydrogen) atoms. The van der Waals surface area contributed by atoms with Crippen LogP contribution in [0, 0.1) is 4.77 Å². The van der Waals surface area contributed by atoms with Gasteiger partial charge in [-0.3, -0.25) is 0 Å². The summed E-state index contributed by atoms with van der Waals surface area (Å²) in [5.74, 6) is 0. The van der Waals surface area contributed by atoms with Crippen LogP contribution >= 0.6 is 12.2 Å². The molecule has 0 aliphatic heterocycles. The number of nitrogens with zero attached hydrogens (tertiary/aromatic N) is 3. The number of nitrogens with two attached hydrogens (primary N) is 1. The predicted molar refractivity (Wildman–Crippen MR) is 42.8 cm³/mol. The van der Waals surface area contributed by atoms with Crippen molar-refractivity contribution in [2.24, 2.45) is 5.73 Å². The Hall–Kier alpha value is -0.440. The Morgan fingerprint density at radius 1 is 1.77 bits per heavy atom. The number of hydrogen-bond acceptors (Lipinski definition) is 4. The van der Waals surface area contributed by atoms with Crippen molar-refractivity contribution in [1.29, 1.82) is 0 Å². The molecular formula is C4H8N6NaOS+. The van der Waals surface area contributed by atoms with Gasteiger partial charge in [0.05, 0.1) is 6.54 Å². The van der Waals surface area contributed by atoms with Crippen molar-refractivity contribution in [3.05, 3.63) is 4.77 Å². The van der Waals surface area contributed by atoms with Gasteiger partial charge in [-0.15, -0.1) is 0 Å². The number of urea groups is 1. The number of rotatable bonds is 3. The smallest absolute Gasteiger partial charge is 0.352 e. The molecule has 0 bridgehead atoms. The molecule has 0 unspecified atom stereocenters. The summed E-state index contributed by atoms with van der Waals surface area (Å²) in [6.07, 6.45) is 0. The third kappa shape index (κ3) is 4.36. The van der Waals surface area contributed by atoms with Crippen LogP contribution in [0.5, 0.6) is 0 Å². The molecule has 0 fully saturated rings. The third-order valence-electron chi connectivity index (χ3n) is 1.17. The normalized spacial score (nSPS) is 8.92. The van der Waals surface area contributed by atoms with Crippen LogP contribution in [-0.4, -0.2) is 32.8 Å². The first-order chi connectivity index (χ1) is 5.70. The second-order valence-corrected chi connectivity index (χ2v) is 2.39. The van der Waals surface area contributed by atoms with E-state index >= 15 is 0 Å². The maximum absolute atomic E-state index is 10.2. The van der Waals surface area contributed by atoms with Gasteiger partial charge in [0.1, 0.15) is 0 Å². The molecule has 0 aliphatic rings. The van der Waals surface area contributed by atoms with Crippen molar-refractivity contribution in [2.75, 3.05) is 6.54 Å². The first kappa shape index (κ1) is 12.6. The molecule has 4 N–H and O–H groups in total. The summed E-state index contributed by atoms with van der Waals surface area (Å²) in [6, 6.07) is -0.561. The Labute approximate surface area is 101 Å². The Kier molecular flexibility index (Phi) is 5.88. The van der Waals surface area contributed by atoms with E-state index in [0.717, 1.165) is 0 Å². The zero-order chi connectivity index (χ0) is 8.97. The van der Waals surface area contributed by atoms with Gasteiger partial charge in [-0.1, -0.05) is 10.3 Å². The number of aromatic nitrogens is 4. The van der Waals surface area contributed by atoms with E-state index in [9.17, 15) is 4.79 Å². The quantitative estimate of drug-likeness (QED) is 0.350. The van der Waals surface area contributed by atoms with Crippen molar-refractivity contribution in [1.82, 2.24) is 25.5 Å². The molecule has 2 amide bonds. The van der Waals surface area contributed by atoms with Gasteiger partial charge in [0.25, 0.3) is 0 Å². The number of carbonyl (C=O) groups is 1. The number of tetrazole rings is 1. The average Bonchev–Trinajstić information content (AvgIpc) is 2.36. The average molecular weight is 211 g/mol. The first-order valence-corrected chi connectivity index (χ1v) is 3.62. The van der Waals surface area contributed by atoms with E-state index in [1.807, 2.05) is 0 Å². The third-order valence-corrected chi connectivity index (χ3v) is 1.47. The van der Waals surface area contributed by atoms with E-state index in [1.165, 1.54) is 4.68 Å². The number of aromatic amines is 1. The number of hydrogen-bond donors (Lipinski definition) is 3. The topological polar surface area (TPSA) is 102 Å². The molecule has 0 aromatic carbocycles. The minimum Gasteiger partial charge on any atom is -0.352 e. The summed E-state index contributed by atoms with van der Waals surface area (Å²) in [5.41, 5.74) is 4.84. The summed E-state index contributed by atoms with van der Waals surface area (Å²) in [5, 5.41) is 11.9. The molecule has 1 aromatic heterocycles. The Balaban J connectivity index is 0.00000144. The molecule has 1 heterocycles. The van der Waals surface area contributed by atoms with Crippen LogP contribution in [0.25, 0.3) is 0 Å². The molecule has 0 saturated carbocycles. The fourth-order valence-electron chi connectivity index (χ4n) is 0.652. The van der Waals surface area contributed by atoms with E-state index in [2.05, 4.69) is 20.8 Å². The molecule has 66 valence electrons. The van der Waals surface area contributed by atoms with Crippen molar-refractivity contribution in [2.45, 2.75) is 6.54 Å². The summed E-state index contributed by atoms with van der Waals surface area (Å²) < 4.78 is 1.87. The van der Waals surface area contributed by atoms with Crippen LogP contribution in [0.2, 0.25) is 0 Å². The minimum absolute atomic E-state index is 0. The van der Waals surface area contributed by atoms with Crippen molar-refractivity contribution in [3.63, 3.8) is 0 Å². The summed E-state index contributed by atoms with van der Waals surface area (Å²) >= 11 is 4.78. The molecule has 0 atom stereocenters. The van der Waals surface area contributed by atoms with Gasteiger partial charge in [0, 0.05) is 6.54 Å². The Morgan fingerprint density at radius 2 is 2.46 bits per heavy atom. The van der Waals surface area contributed by atoms with E-state index in [1.54, 1.807) is 0 Å². The van der Waals surface area contributed by atoms with Gasteiger partial charge in [-0.25, -0.2) is 9.48 Å². The zero-order valence-electron chi connectivity index (χ0n) is 7.15. The fraction of sp³-hybridized carbons (Fsp3) is 0.500. The Bertz CT molecular complexity index is 320. The first-order valence-electron chi connectivity index (χ1n) is 3.21. The SMILES string of the molecule is NC(=O)NCCn1[nH]nnc1=S.[Na+]. The van der Waals surface area contributed by atoms with Crippen molar-refractivity contribution in [3.8, 4) is 0 Å². The fourth-order valence-corrected chi connectivity index (χ4v) is 0.825. The van der Waals surface area contributed by atoms with Gasteiger partial charge in [0.15, 0.2) is 0 Å². The Morgan fingerprint density at radius 3 is 2.92 bits per heavy atom. The van der Waals surface area contributed by atoms with Gasteiger partial charge >= 0.3 is 35.6 Å². The predicted octanol–water partition coefficient (Wildman–Crippen LogP) is -3.99. The molecule has 1 aromatic rings. The second-order valence-electron chi connectivity index (χ2n) is 2.03. The number of amides is 2. The van der Waals surface area contributed by atoms with E-state index in [4.69, 9.17) is 18.0 Å². The van der Waals surface area contributed by atoms with Crippen LogP contribution in [0.1, 0.15) is 0 Å². The molecule has 1 rings (SSSR count). The number of nitrogens with one attached hydrogen (secondary N) is 2. The number of carbonyl (C=O) groups excluding carboxylic acids is 1. The summed E-state index contributed by atoms with van der Waals surface area (Å²) in [7, 11) is 0. The summed E-state index contributed by atoms with van der Waals surface area (Å²) in [4.78, 5) is 10.2. The van der Waals surface area contributed by atoms with E-state index in [0.29, 0.717) is 17.9 Å². The molecule has 0 aliphatic carbocycles. The second kappa shape index (κ2) is 6.08. The molecule has 0 spiro atoms. The van der Waals surface area contributed by atoms with Crippen LogP contribution in [0.4, 0.5) is 4.79 Å². The van der Waals surface area contributed by atoms with E-state index in [-0.39, 0.29) is 29.6 Å². The molecule has 0 radical (unpaired) electrons.